The van der Waals surface area contributed by atoms with Gasteiger partial charge in [-0.05, 0) is 0 Å². The maximum absolute atomic E-state index is 7.76. The van der Waals surface area contributed by atoms with Crippen molar-refractivity contribution in [1.29, 1.82) is 5.26 Å². The van der Waals surface area contributed by atoms with Crippen molar-refractivity contribution < 1.29 is 20.4 Å². The second kappa shape index (κ2) is 9.38. The number of aryl methyl sites for hydroxylation is 2. The van der Waals surface area contributed by atoms with E-state index in [1.165, 1.54) is 0 Å². The molecule has 0 aliphatic carbocycles. The Balaban J connectivity index is 0.000000471. The van der Waals surface area contributed by atoms with Gasteiger partial charge in [-0.1, -0.05) is 6.92 Å². The predicted molar refractivity (Wildman–Crippen MR) is 69.4 cm³/mol. The molecule has 2 heterocycles. The second-order valence-corrected chi connectivity index (χ2v) is 3.83. The number of rotatable bonds is 3. The van der Waals surface area contributed by atoms with Crippen molar-refractivity contribution in [3.8, 4) is 6.07 Å². The van der Waals surface area contributed by atoms with E-state index >= 15 is 0 Å². The Morgan fingerprint density at radius 2 is 1.63 bits per heavy atom. The first-order valence-electron chi connectivity index (χ1n) is 5.82. The molecule has 0 aliphatic rings. The van der Waals surface area contributed by atoms with Crippen molar-refractivity contribution in [3.63, 3.8) is 0 Å². The number of imidazole rings is 2. The summed E-state index contributed by atoms with van der Waals surface area (Å²) in [6, 6.07) is 1.89. The molecule has 0 radical (unpaired) electrons. The molecule has 0 saturated heterocycles. The molecule has 106 valence electrons. The molecule has 2 rings (SSSR count). The summed E-state index contributed by atoms with van der Waals surface area (Å²) in [5.74, 6) is 2.07. The van der Waals surface area contributed by atoms with Gasteiger partial charge in [0.25, 0.3) is 0 Å². The normalized spacial score (nSPS) is 8.74. The van der Waals surface area contributed by atoms with Crippen LogP contribution in [0.15, 0.2) is 24.8 Å². The monoisotopic (exact) mass is 350 g/mol. The van der Waals surface area contributed by atoms with Crippen molar-refractivity contribution in [2.45, 2.75) is 19.8 Å². The van der Waals surface area contributed by atoms with Crippen LogP contribution in [0.4, 0.5) is 0 Å². The van der Waals surface area contributed by atoms with Gasteiger partial charge in [-0.15, -0.1) is 6.07 Å². The van der Waals surface area contributed by atoms with Gasteiger partial charge < -0.3 is 9.13 Å². The Kier molecular flexibility index (Phi) is 8.61. The molecular formula is C13H18N5Pd-. The quantitative estimate of drug-likeness (QED) is 0.627. The van der Waals surface area contributed by atoms with Crippen LogP contribution >= 0.6 is 0 Å². The summed E-state index contributed by atoms with van der Waals surface area (Å²) < 4.78 is 4.02. The zero-order valence-electron chi connectivity index (χ0n) is 11.4. The van der Waals surface area contributed by atoms with Crippen molar-refractivity contribution >= 4 is 0 Å². The molecule has 0 N–H and O–H groups in total. The minimum absolute atomic E-state index is 0. The Hall–Kier alpha value is -1.56. The van der Waals surface area contributed by atoms with Crippen LogP contribution in [0.25, 0.3) is 0 Å². The molecule has 0 fully saturated rings. The van der Waals surface area contributed by atoms with Gasteiger partial charge in [0.1, 0.15) is 11.6 Å². The van der Waals surface area contributed by atoms with Crippen LogP contribution in [-0.4, -0.2) is 19.1 Å². The van der Waals surface area contributed by atoms with E-state index in [1.54, 1.807) is 18.8 Å². The third-order valence-electron chi connectivity index (χ3n) is 2.45. The maximum Gasteiger partial charge on any atom is 0.115 e. The molecule has 2 aromatic heterocycles. The molecule has 0 saturated carbocycles. The first-order valence-corrected chi connectivity index (χ1v) is 5.82. The average Bonchev–Trinajstić information content (AvgIpc) is 2.93. The van der Waals surface area contributed by atoms with E-state index < -0.39 is 0 Å². The van der Waals surface area contributed by atoms with Gasteiger partial charge in [-0.2, -0.15) is 6.42 Å². The van der Waals surface area contributed by atoms with E-state index in [-0.39, 0.29) is 20.4 Å². The molecule has 0 bridgehead atoms. The Labute approximate surface area is 127 Å². The SMILES string of the molecule is CC[CH-]C#N.Cn1ccnc1Cc1nccn1C.[Pd]. The number of nitriles is 1. The molecule has 0 unspecified atom stereocenters. The molecule has 19 heavy (non-hydrogen) atoms. The van der Waals surface area contributed by atoms with Crippen molar-refractivity contribution in [1.82, 2.24) is 19.1 Å². The van der Waals surface area contributed by atoms with Gasteiger partial charge in [0.2, 0.25) is 0 Å². The fourth-order valence-electron chi connectivity index (χ4n) is 1.37. The first kappa shape index (κ1) is 17.4. The van der Waals surface area contributed by atoms with E-state index in [0.717, 1.165) is 24.5 Å². The van der Waals surface area contributed by atoms with Crippen LogP contribution in [0, 0.1) is 17.8 Å². The third-order valence-corrected chi connectivity index (χ3v) is 2.45. The standard InChI is InChI=1S/C9H12N4.C4H6N.Pd/c1-12-5-3-10-8(12)7-9-11-4-6-13(9)2;1-2-3-4-5;/h3-6H,7H2,1-2H3;3H,2H2,1H3;/q;-1;. The van der Waals surface area contributed by atoms with Gasteiger partial charge in [0.15, 0.2) is 0 Å². The minimum Gasteiger partial charge on any atom is -0.338 e. The summed E-state index contributed by atoms with van der Waals surface area (Å²) in [6.45, 7) is 1.93. The van der Waals surface area contributed by atoms with Gasteiger partial charge in [-0.25, -0.2) is 15.2 Å². The fourth-order valence-corrected chi connectivity index (χ4v) is 1.37. The van der Waals surface area contributed by atoms with Crippen LogP contribution < -0.4 is 0 Å². The first-order chi connectivity index (χ1) is 8.69. The molecular weight excluding hydrogens is 333 g/mol. The molecule has 5 nitrogen and oxygen atoms in total. The Bertz CT molecular complexity index is 471. The number of nitrogens with zero attached hydrogens (tertiary/aromatic N) is 5. The van der Waals surface area contributed by atoms with E-state index in [0.29, 0.717) is 0 Å². The summed E-state index contributed by atoms with van der Waals surface area (Å²) >= 11 is 0. The van der Waals surface area contributed by atoms with E-state index in [4.69, 9.17) is 5.26 Å². The largest absolute Gasteiger partial charge is 0.338 e. The summed E-state index contributed by atoms with van der Waals surface area (Å²) in [4.78, 5) is 8.48. The zero-order valence-corrected chi connectivity index (χ0v) is 12.9. The summed E-state index contributed by atoms with van der Waals surface area (Å²) in [5, 5.41) is 7.76. The summed E-state index contributed by atoms with van der Waals surface area (Å²) in [7, 11) is 3.98. The fraction of sp³-hybridized carbons (Fsp3) is 0.385. The van der Waals surface area contributed by atoms with Crippen molar-refractivity contribution in [2.75, 3.05) is 0 Å². The number of hydrogen-bond acceptors (Lipinski definition) is 3. The molecule has 0 spiro atoms. The van der Waals surface area contributed by atoms with Gasteiger partial charge in [-0.3, -0.25) is 6.42 Å². The van der Waals surface area contributed by atoms with E-state index in [2.05, 4.69) is 9.97 Å². The van der Waals surface area contributed by atoms with Crippen LogP contribution in [0.1, 0.15) is 25.0 Å². The average molecular weight is 351 g/mol. The van der Waals surface area contributed by atoms with Crippen molar-refractivity contribution in [3.05, 3.63) is 42.9 Å². The van der Waals surface area contributed by atoms with Crippen LogP contribution in [0.5, 0.6) is 0 Å². The Morgan fingerprint density at radius 3 is 1.84 bits per heavy atom. The Morgan fingerprint density at radius 1 is 1.16 bits per heavy atom. The number of unbranched alkanes of at least 4 members (excludes halogenated alkanes) is 1. The molecule has 0 aromatic carbocycles. The molecule has 2 aromatic rings. The maximum atomic E-state index is 7.76. The number of aromatic nitrogens is 4. The van der Waals surface area contributed by atoms with Crippen LogP contribution in [0.2, 0.25) is 0 Å². The molecule has 0 atom stereocenters. The van der Waals surface area contributed by atoms with Crippen LogP contribution in [0.3, 0.4) is 0 Å². The second-order valence-electron chi connectivity index (χ2n) is 3.83. The van der Waals surface area contributed by atoms with E-state index in [9.17, 15) is 0 Å². The van der Waals surface area contributed by atoms with E-state index in [1.807, 2.05) is 48.6 Å². The van der Waals surface area contributed by atoms with Crippen molar-refractivity contribution in [2.24, 2.45) is 14.1 Å². The van der Waals surface area contributed by atoms with Gasteiger partial charge >= 0.3 is 0 Å². The molecule has 0 amide bonds. The predicted octanol–water partition coefficient (Wildman–Crippen LogP) is 1.87. The molecule has 0 aliphatic heterocycles. The van der Waals surface area contributed by atoms with Crippen LogP contribution in [-0.2, 0) is 40.9 Å². The topological polar surface area (TPSA) is 59.4 Å². The summed E-state index contributed by atoms with van der Waals surface area (Å²) in [5.41, 5.74) is 0. The smallest absolute Gasteiger partial charge is 0.115 e. The summed E-state index contributed by atoms with van der Waals surface area (Å²) in [6.07, 6.45) is 10.7. The third kappa shape index (κ3) is 5.74. The minimum atomic E-state index is 0. The molecule has 6 heteroatoms. The zero-order chi connectivity index (χ0) is 13.4. The number of hydrogen-bond donors (Lipinski definition) is 0. The van der Waals surface area contributed by atoms with Gasteiger partial charge in [0, 0.05) is 59.3 Å². The van der Waals surface area contributed by atoms with Gasteiger partial charge in [0.05, 0.1) is 6.42 Å².